The zero-order valence-corrected chi connectivity index (χ0v) is 17.2. The molecule has 1 aromatic heterocycles. The molecule has 1 N–H and O–H groups in total. The number of nitrogens with one attached hydrogen (secondary N) is 1. The van der Waals surface area contributed by atoms with Crippen LogP contribution in [0.5, 0.6) is 0 Å². The number of amides is 1. The molecule has 3 rings (SSSR count). The third-order valence-corrected chi connectivity index (χ3v) is 6.92. The summed E-state index contributed by atoms with van der Waals surface area (Å²) in [5.74, 6) is -0.257. The first-order valence-electron chi connectivity index (χ1n) is 8.44. The van der Waals surface area contributed by atoms with E-state index in [1.807, 2.05) is 18.4 Å². The first-order chi connectivity index (χ1) is 13.3. The molecule has 2 aromatic carbocycles. The molecule has 28 heavy (non-hydrogen) atoms. The van der Waals surface area contributed by atoms with Gasteiger partial charge >= 0.3 is 6.01 Å². The van der Waals surface area contributed by atoms with Crippen LogP contribution in [-0.2, 0) is 9.84 Å². The van der Waals surface area contributed by atoms with Crippen molar-refractivity contribution in [1.82, 2.24) is 10.2 Å². The Morgan fingerprint density at radius 2 is 1.82 bits per heavy atom. The second-order valence-electron chi connectivity index (χ2n) is 6.22. The molecule has 0 saturated carbocycles. The Hall–Kier alpha value is -2.65. The Labute approximate surface area is 167 Å². The van der Waals surface area contributed by atoms with Gasteiger partial charge in [-0.15, -0.1) is 16.9 Å². The smallest absolute Gasteiger partial charge is 0.322 e. The highest BCUT2D eigenvalue weighted by Gasteiger charge is 2.20. The van der Waals surface area contributed by atoms with Crippen molar-refractivity contribution < 1.29 is 17.6 Å². The van der Waals surface area contributed by atoms with E-state index < -0.39 is 15.1 Å². The Kier molecular flexibility index (Phi) is 5.85. The van der Waals surface area contributed by atoms with E-state index in [9.17, 15) is 13.2 Å². The molecule has 3 aromatic rings. The Morgan fingerprint density at radius 1 is 1.11 bits per heavy atom. The fourth-order valence-corrected chi connectivity index (χ4v) is 3.89. The first kappa shape index (κ1) is 20.1. The molecule has 0 aliphatic heterocycles. The van der Waals surface area contributed by atoms with Gasteiger partial charge in [0.1, 0.15) is 0 Å². The largest absolute Gasteiger partial charge is 0.403 e. The van der Waals surface area contributed by atoms with Gasteiger partial charge in [-0.05, 0) is 62.6 Å². The third kappa shape index (κ3) is 4.26. The van der Waals surface area contributed by atoms with Crippen LogP contribution in [0.2, 0.25) is 0 Å². The molecular weight excluding hydrogens is 398 g/mol. The summed E-state index contributed by atoms with van der Waals surface area (Å²) in [6.45, 7) is 3.24. The van der Waals surface area contributed by atoms with Gasteiger partial charge < -0.3 is 4.42 Å². The number of hydrogen-bond donors (Lipinski definition) is 1. The molecule has 0 aliphatic rings. The Balaban J connectivity index is 1.79. The fraction of sp³-hybridized carbons (Fsp3) is 0.211. The van der Waals surface area contributed by atoms with Crippen LogP contribution in [-0.4, -0.2) is 36.0 Å². The van der Waals surface area contributed by atoms with Gasteiger partial charge in [0.2, 0.25) is 5.89 Å². The molecule has 0 bridgehead atoms. The van der Waals surface area contributed by atoms with E-state index in [2.05, 4.69) is 15.5 Å². The highest BCUT2D eigenvalue weighted by atomic mass is 32.2. The molecule has 0 unspecified atom stereocenters. The molecule has 0 fully saturated rings. The number of carbonyl (C=O) groups is 1. The summed E-state index contributed by atoms with van der Waals surface area (Å²) in [5.41, 5.74) is 0.918. The highest BCUT2D eigenvalue weighted by Crippen LogP contribution is 2.25. The topological polar surface area (TPSA) is 102 Å². The summed E-state index contributed by atoms with van der Waals surface area (Å²) in [5, 5.41) is 9.72. The van der Waals surface area contributed by atoms with Crippen molar-refractivity contribution in [3.8, 4) is 11.5 Å². The van der Waals surface area contributed by atoms with E-state index in [-0.39, 0.29) is 22.7 Å². The minimum atomic E-state index is -3.42. The summed E-state index contributed by atoms with van der Waals surface area (Å²) < 4.78 is 30.2. The second-order valence-corrected chi connectivity index (χ2v) is 9.60. The number of anilines is 1. The molecule has 0 radical (unpaired) electrons. The molecule has 7 nitrogen and oxygen atoms in total. The summed E-state index contributed by atoms with van der Waals surface area (Å²) in [7, 11) is -3.42. The predicted molar refractivity (Wildman–Crippen MR) is 108 cm³/mol. The normalized spacial score (nSPS) is 11.6. The number of hydrogen-bond acceptors (Lipinski definition) is 7. The van der Waals surface area contributed by atoms with Gasteiger partial charge in [-0.1, -0.05) is 11.2 Å². The van der Waals surface area contributed by atoms with Gasteiger partial charge in [-0.3, -0.25) is 10.1 Å². The molecule has 0 atom stereocenters. The molecule has 0 aliphatic carbocycles. The number of aromatic nitrogens is 2. The average molecular weight is 418 g/mol. The summed E-state index contributed by atoms with van der Waals surface area (Å²) in [4.78, 5) is 13.5. The summed E-state index contributed by atoms with van der Waals surface area (Å²) in [6, 6.07) is 13.3. The highest BCUT2D eigenvalue weighted by molar-refractivity contribution is 7.98. The minimum absolute atomic E-state index is 0.0638. The van der Waals surface area contributed by atoms with Crippen molar-refractivity contribution in [3.63, 3.8) is 0 Å². The van der Waals surface area contributed by atoms with E-state index in [0.29, 0.717) is 11.1 Å². The Morgan fingerprint density at radius 3 is 2.46 bits per heavy atom. The van der Waals surface area contributed by atoms with Gasteiger partial charge in [0.25, 0.3) is 5.91 Å². The molecule has 146 valence electrons. The standard InChI is InChI=1S/C19H19N3O4S2/c1-12(2)28(24,25)16-6-4-5-14(11-16)18-21-22-19(26-18)20-17(23)13-7-9-15(27-3)10-8-13/h4-12H,1-3H3,(H,20,22,23). The van der Waals surface area contributed by atoms with E-state index in [1.54, 1.807) is 49.9 Å². The van der Waals surface area contributed by atoms with Crippen LogP contribution in [0.1, 0.15) is 24.2 Å². The summed E-state index contributed by atoms with van der Waals surface area (Å²) in [6.07, 6.45) is 1.95. The van der Waals surface area contributed by atoms with Gasteiger partial charge in [-0.2, -0.15) is 0 Å². The number of carbonyl (C=O) groups excluding carboxylic acids is 1. The van der Waals surface area contributed by atoms with Crippen molar-refractivity contribution >= 4 is 33.5 Å². The number of sulfone groups is 1. The van der Waals surface area contributed by atoms with Crippen LogP contribution in [0.25, 0.3) is 11.5 Å². The quantitative estimate of drug-likeness (QED) is 0.607. The fourth-order valence-electron chi connectivity index (χ4n) is 2.38. The zero-order chi connectivity index (χ0) is 20.3. The van der Waals surface area contributed by atoms with E-state index in [1.165, 1.54) is 12.1 Å². The molecular formula is C19H19N3O4S2. The average Bonchev–Trinajstić information content (AvgIpc) is 3.16. The van der Waals surface area contributed by atoms with E-state index in [4.69, 9.17) is 4.42 Å². The Bertz CT molecular complexity index is 1090. The van der Waals surface area contributed by atoms with Gasteiger partial charge in [0.15, 0.2) is 9.84 Å². The van der Waals surface area contributed by atoms with Crippen LogP contribution in [0.15, 0.2) is 62.7 Å². The maximum absolute atomic E-state index is 12.3. The molecule has 1 amide bonds. The maximum atomic E-state index is 12.3. The lowest BCUT2D eigenvalue weighted by Crippen LogP contribution is -2.13. The van der Waals surface area contributed by atoms with Crippen LogP contribution in [0.3, 0.4) is 0 Å². The van der Waals surface area contributed by atoms with E-state index in [0.717, 1.165) is 4.90 Å². The lowest BCUT2D eigenvalue weighted by molar-refractivity contribution is 0.102. The SMILES string of the molecule is CSc1ccc(C(=O)Nc2nnc(-c3cccc(S(=O)(=O)C(C)C)c3)o2)cc1. The predicted octanol–water partition coefficient (Wildman–Crippen LogP) is 3.89. The van der Waals surface area contributed by atoms with Crippen LogP contribution in [0.4, 0.5) is 6.01 Å². The van der Waals surface area contributed by atoms with Gasteiger partial charge in [-0.25, -0.2) is 8.42 Å². The summed E-state index contributed by atoms with van der Waals surface area (Å²) >= 11 is 1.58. The van der Waals surface area contributed by atoms with Crippen molar-refractivity contribution in [2.24, 2.45) is 0 Å². The number of nitrogens with zero attached hydrogens (tertiary/aromatic N) is 2. The van der Waals surface area contributed by atoms with Crippen molar-refractivity contribution in [2.45, 2.75) is 28.9 Å². The zero-order valence-electron chi connectivity index (χ0n) is 15.5. The molecule has 1 heterocycles. The molecule has 0 spiro atoms. The first-order valence-corrected chi connectivity index (χ1v) is 11.2. The van der Waals surface area contributed by atoms with Gasteiger partial charge in [0.05, 0.1) is 10.1 Å². The number of thioether (sulfide) groups is 1. The van der Waals surface area contributed by atoms with Crippen molar-refractivity contribution in [3.05, 3.63) is 54.1 Å². The molecule has 9 heteroatoms. The third-order valence-electron chi connectivity index (χ3n) is 4.03. The van der Waals surface area contributed by atoms with Gasteiger partial charge in [0, 0.05) is 16.0 Å². The monoisotopic (exact) mass is 417 g/mol. The van der Waals surface area contributed by atoms with Crippen molar-refractivity contribution in [2.75, 3.05) is 11.6 Å². The van der Waals surface area contributed by atoms with Crippen LogP contribution >= 0.6 is 11.8 Å². The lowest BCUT2D eigenvalue weighted by Gasteiger charge is -2.08. The van der Waals surface area contributed by atoms with Crippen LogP contribution in [0, 0.1) is 0 Å². The number of rotatable bonds is 6. The van der Waals surface area contributed by atoms with Crippen molar-refractivity contribution in [1.29, 1.82) is 0 Å². The minimum Gasteiger partial charge on any atom is -0.403 e. The van der Waals surface area contributed by atoms with E-state index >= 15 is 0 Å². The van der Waals surface area contributed by atoms with Crippen LogP contribution < -0.4 is 5.32 Å². The second kappa shape index (κ2) is 8.15. The maximum Gasteiger partial charge on any atom is 0.322 e. The molecule has 0 saturated heterocycles. The lowest BCUT2D eigenvalue weighted by atomic mass is 10.2. The number of benzene rings is 2.